The molecule has 1 heterocycles. The number of carbonyl (C=O) groups excluding carboxylic acids is 1. The van der Waals surface area contributed by atoms with Gasteiger partial charge in [-0.25, -0.2) is 4.98 Å². The van der Waals surface area contributed by atoms with Gasteiger partial charge >= 0.3 is 0 Å². The molecular formula is C23H25N3O2. The van der Waals surface area contributed by atoms with E-state index in [2.05, 4.69) is 28.6 Å². The number of hydrogen-bond donors (Lipinski definition) is 2. The number of nitrogens with zero attached hydrogens (tertiary/aromatic N) is 1. The van der Waals surface area contributed by atoms with Gasteiger partial charge in [-0.05, 0) is 60.4 Å². The van der Waals surface area contributed by atoms with Crippen LogP contribution in [0.25, 0.3) is 0 Å². The predicted molar refractivity (Wildman–Crippen MR) is 113 cm³/mol. The van der Waals surface area contributed by atoms with Crippen LogP contribution in [-0.4, -0.2) is 24.5 Å². The fourth-order valence-electron chi connectivity index (χ4n) is 2.86. The standard InChI is InChI=1S/C23H25N3O2/c1-3-17-7-9-20(10-8-17)26-23(27)19-12-14-25-22(16-19)24-13-11-18-5-4-6-21(15-18)28-2/h4-10,12,14-16H,3,11,13H2,1-2H3,(H,24,25)(H,26,27). The number of nitrogens with one attached hydrogen (secondary N) is 2. The number of aryl methyl sites for hydroxylation is 1. The maximum atomic E-state index is 12.5. The number of rotatable bonds is 8. The number of methoxy groups -OCH3 is 1. The lowest BCUT2D eigenvalue weighted by Gasteiger charge is -2.09. The molecule has 0 aliphatic heterocycles. The minimum Gasteiger partial charge on any atom is -0.497 e. The highest BCUT2D eigenvalue weighted by Crippen LogP contribution is 2.15. The number of benzene rings is 2. The van der Waals surface area contributed by atoms with Crippen LogP contribution in [0.4, 0.5) is 11.5 Å². The van der Waals surface area contributed by atoms with Crippen molar-refractivity contribution in [3.05, 3.63) is 83.6 Å². The minimum atomic E-state index is -0.150. The van der Waals surface area contributed by atoms with Gasteiger partial charge in [-0.1, -0.05) is 31.2 Å². The van der Waals surface area contributed by atoms with E-state index < -0.39 is 0 Å². The number of anilines is 2. The topological polar surface area (TPSA) is 63.2 Å². The molecule has 0 unspecified atom stereocenters. The van der Waals surface area contributed by atoms with E-state index in [4.69, 9.17) is 4.74 Å². The maximum Gasteiger partial charge on any atom is 0.255 e. The SMILES string of the molecule is CCc1ccc(NC(=O)c2ccnc(NCCc3cccc(OC)c3)c2)cc1. The number of aromatic nitrogens is 1. The molecule has 0 atom stereocenters. The largest absolute Gasteiger partial charge is 0.497 e. The van der Waals surface area contributed by atoms with Crippen molar-refractivity contribution in [3.8, 4) is 5.75 Å². The first-order valence-electron chi connectivity index (χ1n) is 9.41. The first-order valence-corrected chi connectivity index (χ1v) is 9.41. The van der Waals surface area contributed by atoms with Gasteiger partial charge in [-0.2, -0.15) is 0 Å². The van der Waals surface area contributed by atoms with E-state index in [1.807, 2.05) is 42.5 Å². The second-order valence-corrected chi connectivity index (χ2v) is 6.46. The van der Waals surface area contributed by atoms with Crippen LogP contribution in [0.2, 0.25) is 0 Å². The van der Waals surface area contributed by atoms with Crippen molar-refractivity contribution in [2.24, 2.45) is 0 Å². The quantitative estimate of drug-likeness (QED) is 0.606. The number of carbonyl (C=O) groups is 1. The third-order valence-electron chi connectivity index (χ3n) is 4.50. The Morgan fingerprint density at radius 2 is 1.86 bits per heavy atom. The fourth-order valence-corrected chi connectivity index (χ4v) is 2.86. The highest BCUT2D eigenvalue weighted by atomic mass is 16.5. The summed E-state index contributed by atoms with van der Waals surface area (Å²) in [5, 5.41) is 6.20. The Morgan fingerprint density at radius 1 is 1.04 bits per heavy atom. The normalized spacial score (nSPS) is 10.4. The van der Waals surface area contributed by atoms with Crippen LogP contribution in [0.5, 0.6) is 5.75 Å². The molecule has 5 heteroatoms. The summed E-state index contributed by atoms with van der Waals surface area (Å²) >= 11 is 0. The van der Waals surface area contributed by atoms with Gasteiger partial charge in [0.1, 0.15) is 11.6 Å². The summed E-state index contributed by atoms with van der Waals surface area (Å²) in [6.07, 6.45) is 3.45. The molecule has 28 heavy (non-hydrogen) atoms. The maximum absolute atomic E-state index is 12.5. The van der Waals surface area contributed by atoms with Gasteiger partial charge in [-0.15, -0.1) is 0 Å². The molecule has 0 aliphatic rings. The summed E-state index contributed by atoms with van der Waals surface area (Å²) in [7, 11) is 1.66. The molecule has 0 bridgehead atoms. The minimum absolute atomic E-state index is 0.150. The monoisotopic (exact) mass is 375 g/mol. The average molecular weight is 375 g/mol. The molecule has 1 amide bonds. The Hall–Kier alpha value is -3.34. The summed E-state index contributed by atoms with van der Waals surface area (Å²) in [4.78, 5) is 16.8. The van der Waals surface area contributed by atoms with Crippen LogP contribution in [0.1, 0.15) is 28.4 Å². The van der Waals surface area contributed by atoms with Crippen LogP contribution in [0, 0.1) is 0 Å². The van der Waals surface area contributed by atoms with Gasteiger partial charge < -0.3 is 15.4 Å². The Morgan fingerprint density at radius 3 is 2.61 bits per heavy atom. The zero-order valence-electron chi connectivity index (χ0n) is 16.2. The Labute approximate surface area is 165 Å². The average Bonchev–Trinajstić information content (AvgIpc) is 2.74. The van der Waals surface area contributed by atoms with Crippen molar-refractivity contribution in [1.29, 1.82) is 0 Å². The van der Waals surface area contributed by atoms with Gasteiger partial charge in [0.25, 0.3) is 5.91 Å². The molecule has 0 saturated carbocycles. The van der Waals surface area contributed by atoms with Crippen LogP contribution >= 0.6 is 0 Å². The molecule has 0 radical (unpaired) electrons. The van der Waals surface area contributed by atoms with Crippen LogP contribution in [-0.2, 0) is 12.8 Å². The molecule has 2 aromatic carbocycles. The summed E-state index contributed by atoms with van der Waals surface area (Å²) in [5.41, 5.74) is 3.77. The second-order valence-electron chi connectivity index (χ2n) is 6.46. The molecule has 0 aliphatic carbocycles. The molecule has 1 aromatic heterocycles. The number of pyridine rings is 1. The Bertz CT molecular complexity index is 923. The molecule has 0 saturated heterocycles. The molecule has 144 valence electrons. The molecule has 2 N–H and O–H groups in total. The first-order chi connectivity index (χ1) is 13.7. The third kappa shape index (κ3) is 5.33. The summed E-state index contributed by atoms with van der Waals surface area (Å²) in [5.74, 6) is 1.38. The zero-order valence-corrected chi connectivity index (χ0v) is 16.2. The zero-order chi connectivity index (χ0) is 19.8. The summed E-state index contributed by atoms with van der Waals surface area (Å²) in [6.45, 7) is 2.82. The van der Waals surface area contributed by atoms with Crippen molar-refractivity contribution in [1.82, 2.24) is 4.98 Å². The second kappa shape index (κ2) is 9.55. The molecule has 0 spiro atoms. The first kappa shape index (κ1) is 19.4. The van der Waals surface area contributed by atoms with E-state index in [1.165, 1.54) is 11.1 Å². The van der Waals surface area contributed by atoms with Gasteiger partial charge in [0, 0.05) is 24.0 Å². The van der Waals surface area contributed by atoms with Gasteiger partial charge in [0.15, 0.2) is 0 Å². The summed E-state index contributed by atoms with van der Waals surface area (Å²) in [6, 6.07) is 19.3. The van der Waals surface area contributed by atoms with E-state index in [0.717, 1.165) is 24.3 Å². The molecule has 3 aromatic rings. The Kier molecular flexibility index (Phi) is 6.63. The van der Waals surface area contributed by atoms with Crippen molar-refractivity contribution < 1.29 is 9.53 Å². The van der Waals surface area contributed by atoms with Gasteiger partial charge in [0.05, 0.1) is 7.11 Å². The molecule has 0 fully saturated rings. The lowest BCUT2D eigenvalue weighted by Crippen LogP contribution is -2.13. The van der Waals surface area contributed by atoms with Gasteiger partial charge in [-0.3, -0.25) is 4.79 Å². The van der Waals surface area contributed by atoms with Crippen molar-refractivity contribution in [2.75, 3.05) is 24.3 Å². The highest BCUT2D eigenvalue weighted by Gasteiger charge is 2.08. The lowest BCUT2D eigenvalue weighted by molar-refractivity contribution is 0.102. The van der Waals surface area contributed by atoms with Crippen molar-refractivity contribution in [2.45, 2.75) is 19.8 Å². The third-order valence-corrected chi connectivity index (χ3v) is 4.50. The van der Waals surface area contributed by atoms with Gasteiger partial charge in [0.2, 0.25) is 0 Å². The van der Waals surface area contributed by atoms with Crippen LogP contribution in [0.15, 0.2) is 66.9 Å². The van der Waals surface area contributed by atoms with Crippen LogP contribution in [0.3, 0.4) is 0 Å². The smallest absolute Gasteiger partial charge is 0.255 e. The number of hydrogen-bond acceptors (Lipinski definition) is 4. The van der Waals surface area contributed by atoms with Crippen molar-refractivity contribution in [3.63, 3.8) is 0 Å². The molecular weight excluding hydrogens is 350 g/mol. The van der Waals surface area contributed by atoms with E-state index >= 15 is 0 Å². The molecule has 5 nitrogen and oxygen atoms in total. The highest BCUT2D eigenvalue weighted by molar-refractivity contribution is 6.04. The van der Waals surface area contributed by atoms with E-state index in [-0.39, 0.29) is 5.91 Å². The number of amides is 1. The predicted octanol–water partition coefficient (Wildman–Crippen LogP) is 4.56. The lowest BCUT2D eigenvalue weighted by atomic mass is 10.1. The number of ether oxygens (including phenoxy) is 1. The molecule has 3 rings (SSSR count). The van der Waals surface area contributed by atoms with E-state index in [0.29, 0.717) is 17.9 Å². The van der Waals surface area contributed by atoms with Crippen molar-refractivity contribution >= 4 is 17.4 Å². The fraction of sp³-hybridized carbons (Fsp3) is 0.217. The van der Waals surface area contributed by atoms with E-state index in [1.54, 1.807) is 25.4 Å². The van der Waals surface area contributed by atoms with E-state index in [9.17, 15) is 4.79 Å². The summed E-state index contributed by atoms with van der Waals surface area (Å²) < 4.78 is 5.25. The Balaban J connectivity index is 1.57. The van der Waals surface area contributed by atoms with Crippen LogP contribution < -0.4 is 15.4 Å².